The van der Waals surface area contributed by atoms with Crippen LogP contribution >= 0.6 is 35.6 Å². The fourth-order valence-electron chi connectivity index (χ4n) is 3.26. The van der Waals surface area contributed by atoms with Crippen molar-refractivity contribution in [2.24, 2.45) is 4.99 Å². The summed E-state index contributed by atoms with van der Waals surface area (Å²) in [5, 5.41) is 10.1. The van der Waals surface area contributed by atoms with Crippen LogP contribution in [0, 0.1) is 0 Å². The summed E-state index contributed by atoms with van der Waals surface area (Å²) < 4.78 is 5.88. The molecule has 0 fully saturated rings. The largest absolute Gasteiger partial charge is 0.487 e. The van der Waals surface area contributed by atoms with Crippen molar-refractivity contribution < 1.29 is 9.53 Å². The fourth-order valence-corrected chi connectivity index (χ4v) is 3.44. The van der Waals surface area contributed by atoms with E-state index in [0.29, 0.717) is 36.2 Å². The van der Waals surface area contributed by atoms with Crippen molar-refractivity contribution in [2.75, 3.05) is 25.0 Å². The maximum Gasteiger partial charge on any atom is 0.225 e. The van der Waals surface area contributed by atoms with Crippen LogP contribution in [-0.4, -0.2) is 37.6 Å². The van der Waals surface area contributed by atoms with Crippen molar-refractivity contribution in [3.8, 4) is 5.75 Å². The van der Waals surface area contributed by atoms with Crippen molar-refractivity contribution >= 4 is 53.1 Å². The zero-order chi connectivity index (χ0) is 20.6. The Morgan fingerprint density at radius 2 is 1.97 bits per heavy atom. The number of hydrogen-bond acceptors (Lipinski definition) is 3. The lowest BCUT2D eigenvalue weighted by Crippen LogP contribution is -2.41. The van der Waals surface area contributed by atoms with Crippen molar-refractivity contribution in [1.29, 1.82) is 0 Å². The molecule has 1 aliphatic heterocycles. The first-order valence-corrected chi connectivity index (χ1v) is 10.3. The predicted molar refractivity (Wildman–Crippen MR) is 133 cm³/mol. The second-order valence-electron chi connectivity index (χ2n) is 7.00. The number of fused-ring (bicyclic) bond motifs is 1. The van der Waals surface area contributed by atoms with E-state index in [0.717, 1.165) is 17.8 Å². The first-order valence-electron chi connectivity index (χ1n) is 9.89. The summed E-state index contributed by atoms with van der Waals surface area (Å²) in [7, 11) is 0. The maximum atomic E-state index is 12.0. The van der Waals surface area contributed by atoms with Crippen LogP contribution in [0.25, 0.3) is 0 Å². The summed E-state index contributed by atoms with van der Waals surface area (Å²) in [6.07, 6.45) is 0.321. The van der Waals surface area contributed by atoms with Crippen molar-refractivity contribution in [1.82, 2.24) is 10.6 Å². The summed E-state index contributed by atoms with van der Waals surface area (Å²) in [4.78, 5) is 16.6. The van der Waals surface area contributed by atoms with Gasteiger partial charge in [0.05, 0.1) is 11.6 Å². The highest BCUT2D eigenvalue weighted by Gasteiger charge is 2.24. The molecule has 2 unspecified atom stereocenters. The van der Waals surface area contributed by atoms with Gasteiger partial charge >= 0.3 is 0 Å². The molecule has 3 N–H and O–H groups in total. The maximum absolute atomic E-state index is 12.0. The Kier molecular flexibility index (Phi) is 9.71. The van der Waals surface area contributed by atoms with Gasteiger partial charge in [-0.15, -0.1) is 24.0 Å². The first-order chi connectivity index (χ1) is 14.1. The van der Waals surface area contributed by atoms with E-state index >= 15 is 0 Å². The molecule has 1 heterocycles. The summed E-state index contributed by atoms with van der Waals surface area (Å²) in [5.41, 5.74) is 2.03. The SMILES string of the molecule is CCNC(=NCC(C)Oc1ccccc1Cl)NCC1CC(=O)Nc2ccccc21.I. The zero-order valence-corrected chi connectivity index (χ0v) is 20.2. The van der Waals surface area contributed by atoms with Gasteiger partial charge in [-0.05, 0) is 37.6 Å². The highest BCUT2D eigenvalue weighted by Crippen LogP contribution is 2.31. The minimum atomic E-state index is -0.133. The van der Waals surface area contributed by atoms with Gasteiger partial charge in [0.15, 0.2) is 5.96 Å². The molecule has 1 aliphatic rings. The second kappa shape index (κ2) is 12.0. The van der Waals surface area contributed by atoms with Crippen LogP contribution in [-0.2, 0) is 4.79 Å². The van der Waals surface area contributed by atoms with E-state index in [1.165, 1.54) is 0 Å². The number of guanidine groups is 1. The van der Waals surface area contributed by atoms with E-state index in [1.54, 1.807) is 6.07 Å². The molecule has 162 valence electrons. The number of aliphatic imine (C=N–C) groups is 1. The lowest BCUT2D eigenvalue weighted by molar-refractivity contribution is -0.116. The third-order valence-electron chi connectivity index (χ3n) is 4.64. The van der Waals surface area contributed by atoms with Gasteiger partial charge in [0.1, 0.15) is 11.9 Å². The number of rotatable bonds is 7. The Hall–Kier alpha value is -2.00. The van der Waals surface area contributed by atoms with Crippen LogP contribution in [0.15, 0.2) is 53.5 Å². The van der Waals surface area contributed by atoms with Gasteiger partial charge in [-0.2, -0.15) is 0 Å². The number of carbonyl (C=O) groups is 1. The number of halogens is 2. The normalized spacial score (nSPS) is 16.6. The molecule has 0 spiro atoms. The molecule has 2 atom stereocenters. The van der Waals surface area contributed by atoms with Crippen LogP contribution in [0.2, 0.25) is 5.02 Å². The fraction of sp³-hybridized carbons (Fsp3) is 0.364. The average molecular weight is 543 g/mol. The lowest BCUT2D eigenvalue weighted by atomic mass is 9.90. The number of amides is 1. The van der Waals surface area contributed by atoms with Crippen molar-refractivity contribution in [3.63, 3.8) is 0 Å². The molecule has 0 saturated heterocycles. The zero-order valence-electron chi connectivity index (χ0n) is 17.2. The molecule has 0 aliphatic carbocycles. The lowest BCUT2D eigenvalue weighted by Gasteiger charge is -2.26. The third kappa shape index (κ3) is 6.77. The van der Waals surface area contributed by atoms with Gasteiger partial charge in [0, 0.05) is 31.1 Å². The number of anilines is 1. The summed E-state index contributed by atoms with van der Waals surface area (Å²) in [6.45, 7) is 5.81. The molecule has 2 aromatic rings. The van der Waals surface area contributed by atoms with Gasteiger partial charge in [0.2, 0.25) is 5.91 Å². The number of nitrogens with one attached hydrogen (secondary N) is 3. The highest BCUT2D eigenvalue weighted by molar-refractivity contribution is 14.0. The Morgan fingerprint density at radius 1 is 1.23 bits per heavy atom. The number of ether oxygens (including phenoxy) is 1. The molecular weight excluding hydrogens is 515 g/mol. The molecule has 6 nitrogen and oxygen atoms in total. The van der Waals surface area contributed by atoms with E-state index in [1.807, 2.05) is 50.2 Å². The van der Waals surface area contributed by atoms with Gasteiger partial charge < -0.3 is 20.7 Å². The Balaban J connectivity index is 0.00000320. The van der Waals surface area contributed by atoms with Crippen LogP contribution in [0.1, 0.15) is 31.7 Å². The first kappa shape index (κ1) is 24.3. The molecule has 0 saturated carbocycles. The Bertz CT molecular complexity index is 878. The molecule has 8 heteroatoms. The molecule has 1 amide bonds. The number of carbonyl (C=O) groups excluding carboxylic acids is 1. The van der Waals surface area contributed by atoms with Gasteiger partial charge in [-0.25, -0.2) is 4.99 Å². The third-order valence-corrected chi connectivity index (χ3v) is 4.95. The monoisotopic (exact) mass is 542 g/mol. The topological polar surface area (TPSA) is 74.8 Å². The van der Waals surface area contributed by atoms with E-state index in [2.05, 4.69) is 27.0 Å². The second-order valence-corrected chi connectivity index (χ2v) is 7.40. The Labute approximate surface area is 199 Å². The van der Waals surface area contributed by atoms with E-state index < -0.39 is 0 Å². The molecule has 30 heavy (non-hydrogen) atoms. The standard InChI is InChI=1S/C22H27ClN4O2.HI/c1-3-24-22(25-13-15(2)29-20-11-7-5-9-18(20)23)26-14-16-12-21(28)27-19-10-6-4-8-17(16)19;/h4-11,15-16H,3,12-14H2,1-2H3,(H,27,28)(H2,24,25,26);1H. The minimum absolute atomic E-state index is 0. The van der Waals surface area contributed by atoms with Crippen LogP contribution in [0.5, 0.6) is 5.75 Å². The summed E-state index contributed by atoms with van der Waals surface area (Å²) in [5.74, 6) is 1.49. The molecule has 0 aromatic heterocycles. The molecule has 0 bridgehead atoms. The molecular formula is C22H28ClIN4O2. The minimum Gasteiger partial charge on any atom is -0.487 e. The van der Waals surface area contributed by atoms with Gasteiger partial charge in [-0.1, -0.05) is 41.9 Å². The van der Waals surface area contributed by atoms with E-state index in [9.17, 15) is 4.79 Å². The molecule has 3 rings (SSSR count). The highest BCUT2D eigenvalue weighted by atomic mass is 127. The van der Waals surface area contributed by atoms with Crippen molar-refractivity contribution in [2.45, 2.75) is 32.3 Å². The summed E-state index contributed by atoms with van der Waals surface area (Å²) in [6, 6.07) is 15.3. The average Bonchev–Trinajstić information content (AvgIpc) is 2.71. The van der Waals surface area contributed by atoms with Gasteiger partial charge in [-0.3, -0.25) is 4.79 Å². The summed E-state index contributed by atoms with van der Waals surface area (Å²) >= 11 is 6.15. The van der Waals surface area contributed by atoms with Crippen LogP contribution in [0.4, 0.5) is 5.69 Å². The van der Waals surface area contributed by atoms with E-state index in [4.69, 9.17) is 16.3 Å². The quantitative estimate of drug-likeness (QED) is 0.275. The van der Waals surface area contributed by atoms with E-state index in [-0.39, 0.29) is 41.9 Å². The number of hydrogen-bond donors (Lipinski definition) is 3. The number of para-hydroxylation sites is 2. The van der Waals surface area contributed by atoms with Gasteiger partial charge in [0.25, 0.3) is 0 Å². The number of nitrogens with zero attached hydrogens (tertiary/aromatic N) is 1. The molecule has 0 radical (unpaired) electrons. The molecule has 2 aromatic carbocycles. The predicted octanol–water partition coefficient (Wildman–Crippen LogP) is 4.41. The van der Waals surface area contributed by atoms with Crippen LogP contribution < -0.4 is 20.7 Å². The van der Waals surface area contributed by atoms with Crippen LogP contribution in [0.3, 0.4) is 0 Å². The Morgan fingerprint density at radius 3 is 2.73 bits per heavy atom. The van der Waals surface area contributed by atoms with Crippen molar-refractivity contribution in [3.05, 3.63) is 59.1 Å². The number of benzene rings is 2. The smallest absolute Gasteiger partial charge is 0.225 e.